The number of ether oxygens (including phenoxy) is 2. The first-order chi connectivity index (χ1) is 8.73. The molecule has 104 valence electrons. The molecule has 0 spiro atoms. The fourth-order valence-corrected chi connectivity index (χ4v) is 2.80. The van der Waals surface area contributed by atoms with Gasteiger partial charge in [-0.2, -0.15) is 0 Å². The molecule has 0 bridgehead atoms. The van der Waals surface area contributed by atoms with Crippen molar-refractivity contribution in [2.24, 2.45) is 17.1 Å². The van der Waals surface area contributed by atoms with Gasteiger partial charge in [-0.25, -0.2) is 0 Å². The van der Waals surface area contributed by atoms with Gasteiger partial charge in [0.1, 0.15) is 0 Å². The van der Waals surface area contributed by atoms with Gasteiger partial charge in [0.15, 0.2) is 6.29 Å². The molecule has 0 saturated carbocycles. The molecule has 2 rings (SSSR count). The van der Waals surface area contributed by atoms with Crippen LogP contribution in [0.1, 0.15) is 46.0 Å². The summed E-state index contributed by atoms with van der Waals surface area (Å²) in [6.07, 6.45) is 7.80. The Bertz CT molecular complexity index is 287. The third-order valence-electron chi connectivity index (χ3n) is 4.77. The molecular weight excluding hydrogens is 226 g/mol. The van der Waals surface area contributed by atoms with E-state index in [2.05, 4.69) is 19.9 Å². The van der Waals surface area contributed by atoms with Crippen molar-refractivity contribution in [2.45, 2.75) is 52.2 Å². The van der Waals surface area contributed by atoms with Crippen LogP contribution in [0, 0.1) is 11.3 Å². The molecule has 1 heterocycles. The first-order valence-electron chi connectivity index (χ1n) is 7.35. The molecule has 1 fully saturated rings. The highest BCUT2D eigenvalue weighted by Gasteiger charge is 2.35. The van der Waals surface area contributed by atoms with Gasteiger partial charge in [-0.15, -0.1) is 0 Å². The Hall–Kier alpha value is -0.380. The van der Waals surface area contributed by atoms with E-state index in [0.717, 1.165) is 45.4 Å². The van der Waals surface area contributed by atoms with Crippen LogP contribution in [-0.2, 0) is 9.47 Å². The predicted octanol–water partition coefficient (Wildman–Crippen LogP) is 2.85. The quantitative estimate of drug-likeness (QED) is 0.784. The van der Waals surface area contributed by atoms with Crippen molar-refractivity contribution in [1.82, 2.24) is 0 Å². The van der Waals surface area contributed by atoms with Crippen molar-refractivity contribution >= 4 is 0 Å². The van der Waals surface area contributed by atoms with Crippen LogP contribution < -0.4 is 5.73 Å². The van der Waals surface area contributed by atoms with Crippen LogP contribution in [0.5, 0.6) is 0 Å². The zero-order valence-electron chi connectivity index (χ0n) is 11.8. The first kappa shape index (κ1) is 14.0. The maximum absolute atomic E-state index is 5.96. The van der Waals surface area contributed by atoms with Gasteiger partial charge >= 0.3 is 0 Å². The van der Waals surface area contributed by atoms with E-state index in [1.165, 1.54) is 12.0 Å². The lowest BCUT2D eigenvalue weighted by Gasteiger charge is -2.40. The minimum absolute atomic E-state index is 0.0880. The van der Waals surface area contributed by atoms with Crippen molar-refractivity contribution in [1.29, 1.82) is 0 Å². The number of nitrogens with two attached hydrogens (primary N) is 1. The van der Waals surface area contributed by atoms with Crippen molar-refractivity contribution in [3.05, 3.63) is 11.6 Å². The smallest absolute Gasteiger partial charge is 0.179 e. The highest BCUT2D eigenvalue weighted by molar-refractivity contribution is 5.10. The molecule has 2 N–H and O–H groups in total. The average molecular weight is 253 g/mol. The second kappa shape index (κ2) is 6.18. The lowest BCUT2D eigenvalue weighted by Crippen LogP contribution is -2.42. The van der Waals surface area contributed by atoms with Crippen LogP contribution in [-0.4, -0.2) is 26.0 Å². The minimum atomic E-state index is -0.0880. The molecule has 1 aliphatic carbocycles. The normalized spacial score (nSPS) is 29.1. The van der Waals surface area contributed by atoms with Crippen LogP contribution >= 0.6 is 0 Å². The van der Waals surface area contributed by atoms with Crippen LogP contribution in [0.15, 0.2) is 11.6 Å². The highest BCUT2D eigenvalue weighted by Crippen LogP contribution is 2.35. The summed E-state index contributed by atoms with van der Waals surface area (Å²) in [6.45, 7) is 6.92. The molecule has 0 radical (unpaired) electrons. The van der Waals surface area contributed by atoms with E-state index in [4.69, 9.17) is 15.2 Å². The van der Waals surface area contributed by atoms with E-state index in [1.807, 2.05) is 0 Å². The minimum Gasteiger partial charge on any atom is -0.348 e. The Balaban J connectivity index is 1.88. The van der Waals surface area contributed by atoms with E-state index < -0.39 is 0 Å². The lowest BCUT2D eigenvalue weighted by molar-refractivity contribution is -0.214. The van der Waals surface area contributed by atoms with Crippen LogP contribution in [0.25, 0.3) is 0 Å². The lowest BCUT2D eigenvalue weighted by atomic mass is 9.83. The molecule has 3 nitrogen and oxygen atoms in total. The third kappa shape index (κ3) is 2.95. The van der Waals surface area contributed by atoms with E-state index >= 15 is 0 Å². The first-order valence-corrected chi connectivity index (χ1v) is 7.35. The van der Waals surface area contributed by atoms with E-state index in [0.29, 0.717) is 5.92 Å². The van der Waals surface area contributed by atoms with Gasteiger partial charge in [0.25, 0.3) is 0 Å². The SMILES string of the molecule is CCC1(CC)COC(C2=CCC(CN)CC2)OC1. The van der Waals surface area contributed by atoms with Gasteiger partial charge in [0.05, 0.1) is 13.2 Å². The van der Waals surface area contributed by atoms with Gasteiger partial charge in [-0.1, -0.05) is 19.9 Å². The summed E-state index contributed by atoms with van der Waals surface area (Å²) in [4.78, 5) is 0. The van der Waals surface area contributed by atoms with E-state index in [1.54, 1.807) is 0 Å². The Kier molecular flexibility index (Phi) is 4.82. The van der Waals surface area contributed by atoms with Crippen LogP contribution in [0.2, 0.25) is 0 Å². The summed E-state index contributed by atoms with van der Waals surface area (Å²) in [5, 5.41) is 0. The zero-order chi connectivity index (χ0) is 13.0. The van der Waals surface area contributed by atoms with Crippen molar-refractivity contribution in [3.8, 4) is 0 Å². The molecule has 1 aliphatic heterocycles. The van der Waals surface area contributed by atoms with Gasteiger partial charge in [-0.05, 0) is 50.1 Å². The molecule has 0 amide bonds. The fourth-order valence-electron chi connectivity index (χ4n) is 2.80. The molecule has 2 aliphatic rings. The van der Waals surface area contributed by atoms with Gasteiger partial charge in [0.2, 0.25) is 0 Å². The largest absolute Gasteiger partial charge is 0.348 e. The number of hydrogen-bond acceptors (Lipinski definition) is 3. The maximum atomic E-state index is 5.96. The van der Waals surface area contributed by atoms with Crippen molar-refractivity contribution < 1.29 is 9.47 Å². The predicted molar refractivity (Wildman–Crippen MR) is 73.2 cm³/mol. The number of rotatable bonds is 4. The number of allylic oxidation sites excluding steroid dienone is 1. The van der Waals surface area contributed by atoms with E-state index in [9.17, 15) is 0 Å². The molecule has 1 saturated heterocycles. The van der Waals surface area contributed by atoms with E-state index in [-0.39, 0.29) is 11.7 Å². The van der Waals surface area contributed by atoms with Crippen LogP contribution in [0.3, 0.4) is 0 Å². The third-order valence-corrected chi connectivity index (χ3v) is 4.77. The Morgan fingerprint density at radius 3 is 2.39 bits per heavy atom. The highest BCUT2D eigenvalue weighted by atomic mass is 16.7. The van der Waals surface area contributed by atoms with Gasteiger partial charge in [0, 0.05) is 5.41 Å². The molecule has 1 unspecified atom stereocenters. The summed E-state index contributed by atoms with van der Waals surface area (Å²) in [6, 6.07) is 0. The Morgan fingerprint density at radius 2 is 1.94 bits per heavy atom. The molecule has 0 aromatic heterocycles. The summed E-state index contributed by atoms with van der Waals surface area (Å²) in [5.41, 5.74) is 7.28. The summed E-state index contributed by atoms with van der Waals surface area (Å²) < 4.78 is 11.9. The summed E-state index contributed by atoms with van der Waals surface area (Å²) in [7, 11) is 0. The van der Waals surface area contributed by atoms with Crippen molar-refractivity contribution in [2.75, 3.05) is 19.8 Å². The molecule has 0 aromatic rings. The zero-order valence-corrected chi connectivity index (χ0v) is 11.8. The summed E-state index contributed by atoms with van der Waals surface area (Å²) >= 11 is 0. The summed E-state index contributed by atoms with van der Waals surface area (Å²) in [5.74, 6) is 0.655. The fraction of sp³-hybridized carbons (Fsp3) is 0.867. The van der Waals surface area contributed by atoms with Crippen molar-refractivity contribution in [3.63, 3.8) is 0 Å². The molecule has 0 aromatic carbocycles. The Labute approximate surface area is 111 Å². The monoisotopic (exact) mass is 253 g/mol. The molecule has 3 heteroatoms. The molecule has 1 atom stereocenters. The second-order valence-corrected chi connectivity index (χ2v) is 5.82. The molecular formula is C15H27NO2. The maximum Gasteiger partial charge on any atom is 0.179 e. The Morgan fingerprint density at radius 1 is 1.28 bits per heavy atom. The molecule has 18 heavy (non-hydrogen) atoms. The van der Waals surface area contributed by atoms with Gasteiger partial charge < -0.3 is 15.2 Å². The number of hydrogen-bond donors (Lipinski definition) is 1. The van der Waals surface area contributed by atoms with Gasteiger partial charge in [-0.3, -0.25) is 0 Å². The topological polar surface area (TPSA) is 44.5 Å². The van der Waals surface area contributed by atoms with Crippen LogP contribution in [0.4, 0.5) is 0 Å². The average Bonchev–Trinajstić information content (AvgIpc) is 2.47. The standard InChI is InChI=1S/C15H27NO2/c1-3-15(4-2)10-17-14(18-11-15)13-7-5-12(9-16)6-8-13/h7,12,14H,3-6,8-11,16H2,1-2H3. The second-order valence-electron chi connectivity index (χ2n) is 5.82.